The molecule has 2 aliphatic rings. The van der Waals surface area contributed by atoms with Crippen LogP contribution in [0.1, 0.15) is 17.2 Å². The van der Waals surface area contributed by atoms with Crippen molar-refractivity contribution >= 4 is 17.7 Å². The molecule has 0 bridgehead atoms. The van der Waals surface area contributed by atoms with E-state index in [4.69, 9.17) is 9.47 Å². The minimum Gasteiger partial charge on any atom is -0.497 e. The van der Waals surface area contributed by atoms with E-state index in [9.17, 15) is 9.59 Å². The van der Waals surface area contributed by atoms with Crippen molar-refractivity contribution in [2.75, 3.05) is 51.8 Å². The van der Waals surface area contributed by atoms with E-state index in [-0.39, 0.29) is 6.03 Å². The minimum absolute atomic E-state index is 0.336. The molecule has 1 unspecified atom stereocenters. The Morgan fingerprint density at radius 3 is 2.36 bits per heavy atom. The fourth-order valence-corrected chi connectivity index (χ4v) is 4.43. The number of nitrogens with zero attached hydrogens (tertiary/aromatic N) is 2. The Hall–Kier alpha value is -3.52. The Morgan fingerprint density at radius 2 is 1.73 bits per heavy atom. The summed E-state index contributed by atoms with van der Waals surface area (Å²) in [6, 6.07) is 14.8. The van der Waals surface area contributed by atoms with Crippen molar-refractivity contribution in [3.8, 4) is 5.75 Å². The van der Waals surface area contributed by atoms with Gasteiger partial charge in [-0.15, -0.1) is 0 Å². The largest absolute Gasteiger partial charge is 0.497 e. The van der Waals surface area contributed by atoms with Crippen LogP contribution >= 0.6 is 0 Å². The molecule has 2 aromatic carbocycles. The molecule has 1 fully saturated rings. The summed E-state index contributed by atoms with van der Waals surface area (Å²) < 4.78 is 10.3. The lowest BCUT2D eigenvalue weighted by atomic mass is 9.95. The van der Waals surface area contributed by atoms with E-state index >= 15 is 0 Å². The molecule has 0 radical (unpaired) electrons. The molecule has 2 aromatic rings. The maximum absolute atomic E-state index is 12.8. The van der Waals surface area contributed by atoms with E-state index in [1.165, 1.54) is 18.4 Å². The number of amides is 2. The molecule has 0 aliphatic carbocycles. The first-order valence-corrected chi connectivity index (χ1v) is 11.1. The standard InChI is InChI=1S/C25H30N4O4/c1-17-6-4-5-7-21(17)29-14-12-28(13-15-29)16-20-22(24(30)33-3)23(27-25(31)26-20)18-8-10-19(32-2)11-9-18/h4-11,23H,12-16H2,1-3H3,(H2,26,27,31). The average Bonchev–Trinajstić information content (AvgIpc) is 2.84. The molecule has 2 N–H and O–H groups in total. The predicted octanol–water partition coefficient (Wildman–Crippen LogP) is 2.61. The van der Waals surface area contributed by atoms with Crippen LogP contribution in [0.5, 0.6) is 5.75 Å². The smallest absolute Gasteiger partial charge is 0.338 e. The Labute approximate surface area is 194 Å². The lowest BCUT2D eigenvalue weighted by molar-refractivity contribution is -0.136. The molecule has 1 atom stereocenters. The number of carbonyl (C=O) groups excluding carboxylic acids is 2. The Bertz CT molecular complexity index is 1040. The summed E-state index contributed by atoms with van der Waals surface area (Å²) in [6.45, 7) is 5.98. The van der Waals surface area contributed by atoms with Gasteiger partial charge in [-0.25, -0.2) is 9.59 Å². The average molecular weight is 451 g/mol. The highest BCUT2D eigenvalue weighted by atomic mass is 16.5. The van der Waals surface area contributed by atoms with Crippen molar-refractivity contribution in [2.24, 2.45) is 0 Å². The fourth-order valence-electron chi connectivity index (χ4n) is 4.43. The van der Waals surface area contributed by atoms with Gasteiger partial charge in [-0.3, -0.25) is 4.90 Å². The van der Waals surface area contributed by atoms with E-state index in [0.29, 0.717) is 23.6 Å². The number of anilines is 1. The monoisotopic (exact) mass is 450 g/mol. The number of benzene rings is 2. The van der Waals surface area contributed by atoms with Gasteiger partial charge in [0, 0.05) is 44.1 Å². The summed E-state index contributed by atoms with van der Waals surface area (Å²) in [5.74, 6) is 0.242. The molecule has 33 heavy (non-hydrogen) atoms. The van der Waals surface area contributed by atoms with Crippen molar-refractivity contribution in [3.05, 3.63) is 70.9 Å². The summed E-state index contributed by atoms with van der Waals surface area (Å²) >= 11 is 0. The van der Waals surface area contributed by atoms with Gasteiger partial charge in [-0.2, -0.15) is 0 Å². The molecular formula is C25H30N4O4. The number of aryl methyl sites for hydroxylation is 1. The molecule has 0 spiro atoms. The summed E-state index contributed by atoms with van der Waals surface area (Å²) in [5.41, 5.74) is 4.29. The van der Waals surface area contributed by atoms with E-state index in [1.807, 2.05) is 24.3 Å². The van der Waals surface area contributed by atoms with Gasteiger partial charge in [0.2, 0.25) is 0 Å². The second-order valence-corrected chi connectivity index (χ2v) is 8.24. The van der Waals surface area contributed by atoms with Crippen LogP contribution < -0.4 is 20.3 Å². The van der Waals surface area contributed by atoms with Gasteiger partial charge < -0.3 is 25.0 Å². The number of carbonyl (C=O) groups is 2. The number of methoxy groups -OCH3 is 2. The van der Waals surface area contributed by atoms with Crippen LogP contribution in [0, 0.1) is 6.92 Å². The number of nitrogens with one attached hydrogen (secondary N) is 2. The zero-order valence-electron chi connectivity index (χ0n) is 19.3. The third kappa shape index (κ3) is 4.96. The first-order valence-electron chi connectivity index (χ1n) is 11.1. The molecule has 8 heteroatoms. The van der Waals surface area contributed by atoms with Crippen molar-refractivity contribution in [1.82, 2.24) is 15.5 Å². The predicted molar refractivity (Wildman–Crippen MR) is 126 cm³/mol. The van der Waals surface area contributed by atoms with Gasteiger partial charge in [0.05, 0.1) is 25.8 Å². The van der Waals surface area contributed by atoms with Crippen molar-refractivity contribution in [1.29, 1.82) is 0 Å². The first-order chi connectivity index (χ1) is 16.0. The molecule has 2 heterocycles. The van der Waals surface area contributed by atoms with Crippen LogP contribution in [0.4, 0.5) is 10.5 Å². The van der Waals surface area contributed by atoms with E-state index < -0.39 is 12.0 Å². The van der Waals surface area contributed by atoms with Crippen molar-refractivity contribution in [3.63, 3.8) is 0 Å². The number of hydrogen-bond acceptors (Lipinski definition) is 6. The highest BCUT2D eigenvalue weighted by Gasteiger charge is 2.34. The maximum Gasteiger partial charge on any atom is 0.338 e. The number of piperazine rings is 1. The molecule has 4 rings (SSSR count). The maximum atomic E-state index is 12.8. The van der Waals surface area contributed by atoms with Gasteiger partial charge >= 0.3 is 12.0 Å². The summed E-state index contributed by atoms with van der Waals surface area (Å²) in [6.07, 6.45) is 0. The number of urea groups is 1. The first kappa shape index (κ1) is 22.7. The SMILES string of the molecule is COC(=O)C1=C(CN2CCN(c3ccccc3C)CC2)NC(=O)NC1c1ccc(OC)cc1. The zero-order valence-corrected chi connectivity index (χ0v) is 19.3. The van der Waals surface area contributed by atoms with Crippen LogP contribution in [-0.2, 0) is 9.53 Å². The molecule has 2 amide bonds. The summed E-state index contributed by atoms with van der Waals surface area (Å²) in [4.78, 5) is 29.9. The van der Waals surface area contributed by atoms with Crippen molar-refractivity contribution < 1.29 is 19.1 Å². The van der Waals surface area contributed by atoms with Crippen LogP contribution in [0.2, 0.25) is 0 Å². The van der Waals surface area contributed by atoms with Crippen molar-refractivity contribution in [2.45, 2.75) is 13.0 Å². The third-order valence-electron chi connectivity index (χ3n) is 6.22. The van der Waals surface area contributed by atoms with Gasteiger partial charge in [0.15, 0.2) is 0 Å². The second-order valence-electron chi connectivity index (χ2n) is 8.24. The molecule has 0 aromatic heterocycles. The molecular weight excluding hydrogens is 420 g/mol. The molecule has 2 aliphatic heterocycles. The highest BCUT2D eigenvalue weighted by molar-refractivity contribution is 5.95. The second kappa shape index (κ2) is 9.95. The fraction of sp³-hybridized carbons (Fsp3) is 0.360. The molecule has 0 saturated carbocycles. The molecule has 1 saturated heterocycles. The number of para-hydroxylation sites is 1. The van der Waals surface area contributed by atoms with Gasteiger partial charge in [0.25, 0.3) is 0 Å². The Morgan fingerprint density at radius 1 is 1.03 bits per heavy atom. The quantitative estimate of drug-likeness (QED) is 0.659. The van der Waals surface area contributed by atoms with Crippen LogP contribution in [0.25, 0.3) is 0 Å². The van der Waals surface area contributed by atoms with Gasteiger partial charge in [-0.05, 0) is 36.2 Å². The van der Waals surface area contributed by atoms with Crippen LogP contribution in [0.15, 0.2) is 59.8 Å². The molecule has 174 valence electrons. The zero-order chi connectivity index (χ0) is 23.4. The topological polar surface area (TPSA) is 83.1 Å². The van der Waals surface area contributed by atoms with Gasteiger partial charge in [-0.1, -0.05) is 30.3 Å². The lowest BCUT2D eigenvalue weighted by Gasteiger charge is -2.38. The minimum atomic E-state index is -0.597. The Kier molecular flexibility index (Phi) is 6.84. The number of ether oxygens (including phenoxy) is 2. The third-order valence-corrected chi connectivity index (χ3v) is 6.22. The summed E-state index contributed by atoms with van der Waals surface area (Å²) in [7, 11) is 2.95. The van der Waals surface area contributed by atoms with Crippen LogP contribution in [-0.4, -0.2) is 63.8 Å². The summed E-state index contributed by atoms with van der Waals surface area (Å²) in [5, 5.41) is 5.71. The highest BCUT2D eigenvalue weighted by Crippen LogP contribution is 2.29. The number of rotatable bonds is 6. The van der Waals surface area contributed by atoms with Gasteiger partial charge in [0.1, 0.15) is 5.75 Å². The number of hydrogen-bond donors (Lipinski definition) is 2. The van der Waals surface area contributed by atoms with E-state index in [0.717, 1.165) is 31.7 Å². The van der Waals surface area contributed by atoms with E-state index in [2.05, 4.69) is 51.6 Å². The Balaban J connectivity index is 1.54. The lowest BCUT2D eigenvalue weighted by Crippen LogP contribution is -2.51. The normalized spacial score (nSPS) is 19.1. The number of esters is 1. The van der Waals surface area contributed by atoms with E-state index in [1.54, 1.807) is 7.11 Å². The van der Waals surface area contributed by atoms with Crippen LogP contribution in [0.3, 0.4) is 0 Å². The molecule has 8 nitrogen and oxygen atoms in total.